The van der Waals surface area contributed by atoms with Crippen LogP contribution in [0.15, 0.2) is 77.7 Å². The van der Waals surface area contributed by atoms with Crippen molar-refractivity contribution in [2.45, 2.75) is 24.0 Å². The Bertz CT molecular complexity index is 1240. The first kappa shape index (κ1) is 26.6. The number of anilines is 1. The predicted octanol–water partition coefficient (Wildman–Crippen LogP) is 4.78. The van der Waals surface area contributed by atoms with Crippen molar-refractivity contribution in [3.63, 3.8) is 0 Å². The Morgan fingerprint density at radius 3 is 2.46 bits per heavy atom. The highest BCUT2D eigenvalue weighted by atomic mass is 32.2. The number of rotatable bonds is 12. The molecule has 0 spiro atoms. The van der Waals surface area contributed by atoms with Gasteiger partial charge in [-0.2, -0.15) is 11.8 Å². The zero-order valence-electron chi connectivity index (χ0n) is 19.7. The van der Waals surface area contributed by atoms with Crippen LogP contribution >= 0.6 is 11.8 Å². The Hall–Kier alpha value is -3.04. The molecular weight excluding hydrogens is 487 g/mol. The van der Waals surface area contributed by atoms with E-state index in [-0.39, 0.29) is 17.3 Å². The molecule has 3 aromatic rings. The van der Waals surface area contributed by atoms with Crippen molar-refractivity contribution in [2.75, 3.05) is 30.3 Å². The summed E-state index contributed by atoms with van der Waals surface area (Å²) in [5, 5.41) is 2.79. The first-order valence-corrected chi connectivity index (χ1v) is 13.7. The number of ether oxygens (including phenoxy) is 1. The van der Waals surface area contributed by atoms with E-state index in [4.69, 9.17) is 4.74 Å². The van der Waals surface area contributed by atoms with Crippen molar-refractivity contribution in [1.82, 2.24) is 5.32 Å². The number of nitrogens with one attached hydrogen (secondary N) is 1. The number of amides is 1. The maximum Gasteiger partial charge on any atom is 0.264 e. The van der Waals surface area contributed by atoms with Crippen LogP contribution in [0, 0.1) is 12.7 Å². The van der Waals surface area contributed by atoms with Crippen molar-refractivity contribution in [3.8, 4) is 5.75 Å². The van der Waals surface area contributed by atoms with E-state index >= 15 is 0 Å². The normalized spacial score (nSPS) is 11.2. The lowest BCUT2D eigenvalue weighted by molar-refractivity contribution is -0.119. The average molecular weight is 517 g/mol. The zero-order valence-corrected chi connectivity index (χ0v) is 21.4. The summed E-state index contributed by atoms with van der Waals surface area (Å²) in [7, 11) is -2.47. The summed E-state index contributed by atoms with van der Waals surface area (Å²) in [4.78, 5) is 12.8. The number of hydrogen-bond acceptors (Lipinski definition) is 5. The van der Waals surface area contributed by atoms with Crippen LogP contribution in [0.5, 0.6) is 5.75 Å². The number of para-hydroxylation sites is 1. The summed E-state index contributed by atoms with van der Waals surface area (Å²) in [6, 6.07) is 19.8. The molecule has 0 bridgehead atoms. The molecule has 3 rings (SSSR count). The fourth-order valence-corrected chi connectivity index (χ4v) is 5.89. The number of methoxy groups -OCH3 is 1. The molecule has 186 valence electrons. The monoisotopic (exact) mass is 516 g/mol. The van der Waals surface area contributed by atoms with Gasteiger partial charge in [0.1, 0.15) is 18.1 Å². The Morgan fingerprint density at radius 1 is 1.06 bits per heavy atom. The van der Waals surface area contributed by atoms with Gasteiger partial charge in [-0.1, -0.05) is 36.4 Å². The second-order valence-electron chi connectivity index (χ2n) is 7.83. The van der Waals surface area contributed by atoms with E-state index in [0.29, 0.717) is 41.3 Å². The number of benzene rings is 3. The van der Waals surface area contributed by atoms with Gasteiger partial charge in [-0.3, -0.25) is 9.10 Å². The van der Waals surface area contributed by atoms with E-state index in [1.165, 1.54) is 25.3 Å². The molecule has 9 heteroatoms. The molecule has 0 atom stereocenters. The number of carbonyl (C=O) groups is 1. The van der Waals surface area contributed by atoms with Crippen molar-refractivity contribution >= 4 is 33.4 Å². The van der Waals surface area contributed by atoms with Crippen molar-refractivity contribution in [3.05, 3.63) is 89.7 Å². The highest BCUT2D eigenvalue weighted by Gasteiger charge is 2.27. The van der Waals surface area contributed by atoms with Crippen LogP contribution < -0.4 is 14.4 Å². The largest absolute Gasteiger partial charge is 0.496 e. The summed E-state index contributed by atoms with van der Waals surface area (Å²) in [6.07, 6.45) is 0.681. The number of aryl methyl sites for hydroxylation is 1. The minimum absolute atomic E-state index is 0.0806. The van der Waals surface area contributed by atoms with Crippen LogP contribution in [0.1, 0.15) is 17.5 Å². The van der Waals surface area contributed by atoms with Gasteiger partial charge >= 0.3 is 0 Å². The smallest absolute Gasteiger partial charge is 0.264 e. The van der Waals surface area contributed by atoms with E-state index in [0.717, 1.165) is 10.1 Å². The third-order valence-electron chi connectivity index (χ3n) is 5.29. The van der Waals surface area contributed by atoms with E-state index < -0.39 is 15.9 Å². The quantitative estimate of drug-likeness (QED) is 0.351. The number of sulfonamides is 1. The molecule has 1 N–H and O–H groups in total. The summed E-state index contributed by atoms with van der Waals surface area (Å²) < 4.78 is 47.0. The van der Waals surface area contributed by atoms with Gasteiger partial charge in [-0.15, -0.1) is 0 Å². The molecule has 0 aliphatic carbocycles. The number of nitrogens with zero attached hydrogens (tertiary/aromatic N) is 1. The van der Waals surface area contributed by atoms with E-state index in [9.17, 15) is 17.6 Å². The molecule has 0 unspecified atom stereocenters. The molecule has 0 radical (unpaired) electrons. The lowest BCUT2D eigenvalue weighted by atomic mass is 10.2. The number of thioether (sulfide) groups is 1. The number of hydrogen-bond donors (Lipinski definition) is 1. The molecule has 0 aliphatic heterocycles. The zero-order chi connectivity index (χ0) is 25.3. The highest BCUT2D eigenvalue weighted by Crippen LogP contribution is 2.27. The maximum atomic E-state index is 13.7. The molecule has 0 fully saturated rings. The number of halogens is 1. The standard InChI is InChI=1S/C26H29FN2O4S2/c1-20-17-23(13-14-25(20)33-2)35(31,32)29(22-10-4-3-5-11-22)18-26(30)28-15-8-16-34-19-21-9-6-7-12-24(21)27/h3-7,9-14,17H,8,15-16,18-19H2,1-2H3,(H,28,30). The third-order valence-corrected chi connectivity index (χ3v) is 8.15. The Morgan fingerprint density at radius 2 is 1.77 bits per heavy atom. The SMILES string of the molecule is COc1ccc(S(=O)(=O)N(CC(=O)NCCCSCc2ccccc2F)c2ccccc2)cc1C. The molecule has 1 amide bonds. The van der Waals surface area contributed by atoms with Crippen LogP contribution in [0.2, 0.25) is 0 Å². The lowest BCUT2D eigenvalue weighted by Gasteiger charge is -2.24. The number of carbonyl (C=O) groups excluding carboxylic acids is 1. The minimum atomic E-state index is -3.99. The summed E-state index contributed by atoms with van der Waals surface area (Å²) in [5.74, 6) is 1.26. The van der Waals surface area contributed by atoms with Crippen molar-refractivity contribution < 1.29 is 22.3 Å². The van der Waals surface area contributed by atoms with E-state index in [2.05, 4.69) is 5.32 Å². The molecule has 6 nitrogen and oxygen atoms in total. The first-order valence-electron chi connectivity index (χ1n) is 11.1. The predicted molar refractivity (Wildman–Crippen MR) is 139 cm³/mol. The maximum absolute atomic E-state index is 13.7. The topological polar surface area (TPSA) is 75.7 Å². The van der Waals surface area contributed by atoms with Crippen molar-refractivity contribution in [2.24, 2.45) is 0 Å². The van der Waals surface area contributed by atoms with Gasteiger partial charge in [0.2, 0.25) is 5.91 Å². The van der Waals surface area contributed by atoms with Gasteiger partial charge in [0.25, 0.3) is 10.0 Å². The highest BCUT2D eigenvalue weighted by molar-refractivity contribution is 7.98. The summed E-state index contributed by atoms with van der Waals surface area (Å²) in [5.41, 5.74) is 1.73. The molecule has 3 aromatic carbocycles. The molecule has 0 aromatic heterocycles. The van der Waals surface area contributed by atoms with Gasteiger partial charge in [-0.25, -0.2) is 12.8 Å². The molecular formula is C26H29FN2O4S2. The Kier molecular flexibility index (Phi) is 9.56. The van der Waals surface area contributed by atoms with Gasteiger partial charge < -0.3 is 10.1 Å². The van der Waals surface area contributed by atoms with Gasteiger partial charge in [0.15, 0.2) is 0 Å². The van der Waals surface area contributed by atoms with Crippen LogP contribution in [0.3, 0.4) is 0 Å². The van der Waals surface area contributed by atoms with Crippen LogP contribution in [0.25, 0.3) is 0 Å². The molecule has 35 heavy (non-hydrogen) atoms. The molecule has 0 saturated carbocycles. The van der Waals surface area contributed by atoms with Crippen molar-refractivity contribution in [1.29, 1.82) is 0 Å². The van der Waals surface area contributed by atoms with Gasteiger partial charge in [-0.05, 0) is 66.6 Å². The first-order chi connectivity index (χ1) is 16.8. The fourth-order valence-electron chi connectivity index (χ4n) is 3.43. The Balaban J connectivity index is 1.60. The molecule has 0 heterocycles. The third kappa shape index (κ3) is 7.22. The van der Waals surface area contributed by atoms with E-state index in [1.54, 1.807) is 73.3 Å². The van der Waals surface area contributed by atoms with Crippen LogP contribution in [0.4, 0.5) is 10.1 Å². The second kappa shape index (κ2) is 12.6. The summed E-state index contributed by atoms with van der Waals surface area (Å²) in [6.45, 7) is 1.81. The van der Waals surface area contributed by atoms with Gasteiger partial charge in [0.05, 0.1) is 17.7 Å². The summed E-state index contributed by atoms with van der Waals surface area (Å²) >= 11 is 1.58. The molecule has 0 aliphatic rings. The van der Waals surface area contributed by atoms with Crippen LogP contribution in [-0.2, 0) is 20.6 Å². The second-order valence-corrected chi connectivity index (χ2v) is 10.8. The average Bonchev–Trinajstić information content (AvgIpc) is 2.86. The van der Waals surface area contributed by atoms with Gasteiger partial charge in [0, 0.05) is 12.3 Å². The minimum Gasteiger partial charge on any atom is -0.496 e. The lowest BCUT2D eigenvalue weighted by Crippen LogP contribution is -2.41. The van der Waals surface area contributed by atoms with E-state index in [1.807, 2.05) is 0 Å². The fraction of sp³-hybridized carbons (Fsp3) is 0.269. The van der Waals surface area contributed by atoms with Crippen LogP contribution in [-0.4, -0.2) is 40.3 Å². The molecule has 0 saturated heterocycles. The Labute approximate surface area is 210 Å².